The van der Waals surface area contributed by atoms with Crippen LogP contribution in [0.25, 0.3) is 10.9 Å². The molecule has 1 saturated heterocycles. The van der Waals surface area contributed by atoms with Crippen LogP contribution in [0.4, 0.5) is 10.5 Å². The normalized spacial score (nSPS) is 16.5. The minimum atomic E-state index is -0.640. The van der Waals surface area contributed by atoms with Gasteiger partial charge in [-0.3, -0.25) is 19.4 Å². The summed E-state index contributed by atoms with van der Waals surface area (Å²) in [5, 5.41) is 3.94. The third-order valence-corrected chi connectivity index (χ3v) is 5.45. The largest absolute Gasteiger partial charge is 0.361 e. The second kappa shape index (κ2) is 8.02. The number of amides is 4. The number of fused-ring (bicyclic) bond motifs is 1. The first-order valence-electron chi connectivity index (χ1n) is 9.98. The van der Waals surface area contributed by atoms with Crippen LogP contribution in [0.3, 0.4) is 0 Å². The first kappa shape index (κ1) is 19.7. The Morgan fingerprint density at radius 3 is 2.60 bits per heavy atom. The second-order valence-electron chi connectivity index (χ2n) is 7.55. The maximum Gasteiger partial charge on any atom is 0.332 e. The highest BCUT2D eigenvalue weighted by atomic mass is 16.2. The van der Waals surface area contributed by atoms with E-state index in [0.29, 0.717) is 18.7 Å². The van der Waals surface area contributed by atoms with Crippen LogP contribution in [-0.2, 0) is 16.0 Å². The Kier molecular flexibility index (Phi) is 5.27. The molecule has 2 aromatic carbocycles. The zero-order chi connectivity index (χ0) is 21.3. The van der Waals surface area contributed by atoms with E-state index in [2.05, 4.69) is 10.3 Å². The summed E-state index contributed by atoms with van der Waals surface area (Å²) >= 11 is 0. The number of nitrogens with zero attached hydrogens (tertiary/aromatic N) is 2. The molecular weight excluding hydrogens is 380 g/mol. The molecule has 0 unspecified atom stereocenters. The summed E-state index contributed by atoms with van der Waals surface area (Å²) in [6.07, 6.45) is 2.59. The van der Waals surface area contributed by atoms with Crippen LogP contribution in [0.5, 0.6) is 0 Å². The number of rotatable bonds is 6. The lowest BCUT2D eigenvalue weighted by molar-refractivity contribution is -0.131. The van der Waals surface area contributed by atoms with Gasteiger partial charge in [-0.15, -0.1) is 0 Å². The highest BCUT2D eigenvalue weighted by Crippen LogP contribution is 2.26. The van der Waals surface area contributed by atoms with Crippen LogP contribution >= 0.6 is 0 Å². The molecule has 0 saturated carbocycles. The smallest absolute Gasteiger partial charge is 0.332 e. The Labute approximate surface area is 174 Å². The summed E-state index contributed by atoms with van der Waals surface area (Å²) in [6.45, 7) is 3.78. The predicted molar refractivity (Wildman–Crippen MR) is 115 cm³/mol. The average Bonchev–Trinajstić information content (AvgIpc) is 3.24. The number of carbonyl (C=O) groups excluding carboxylic acids is 3. The van der Waals surface area contributed by atoms with E-state index >= 15 is 0 Å². The number of para-hydroxylation sites is 1. The quantitative estimate of drug-likeness (QED) is 0.620. The standard InChI is InChI=1S/C23H24N4O3/c1-15-7-9-18(10-8-15)27-16(2)22(29)26(23(27)30)14-21(28)24-12-11-17-13-25-20-6-4-3-5-19(17)20/h3-10,13,16,25H,11-12,14H2,1-2H3,(H,24,28)/t16-/m0/s1. The zero-order valence-corrected chi connectivity index (χ0v) is 17.0. The van der Waals surface area contributed by atoms with Crippen LogP contribution in [-0.4, -0.2) is 46.9 Å². The van der Waals surface area contributed by atoms with Gasteiger partial charge < -0.3 is 10.3 Å². The van der Waals surface area contributed by atoms with Gasteiger partial charge in [-0.05, 0) is 44.0 Å². The van der Waals surface area contributed by atoms with Crippen molar-refractivity contribution in [2.24, 2.45) is 0 Å². The summed E-state index contributed by atoms with van der Waals surface area (Å²) < 4.78 is 0. The Morgan fingerprint density at radius 2 is 1.83 bits per heavy atom. The van der Waals surface area contributed by atoms with Crippen molar-refractivity contribution in [3.8, 4) is 0 Å². The number of urea groups is 1. The maximum absolute atomic E-state index is 12.8. The van der Waals surface area contributed by atoms with Crippen LogP contribution < -0.4 is 10.2 Å². The highest BCUT2D eigenvalue weighted by Gasteiger charge is 2.43. The van der Waals surface area contributed by atoms with E-state index < -0.39 is 12.1 Å². The molecule has 0 bridgehead atoms. The van der Waals surface area contributed by atoms with Gasteiger partial charge in [0.05, 0.1) is 0 Å². The first-order chi connectivity index (χ1) is 14.5. The molecule has 4 rings (SSSR count). The topological polar surface area (TPSA) is 85.5 Å². The van der Waals surface area contributed by atoms with Crippen LogP contribution in [0.2, 0.25) is 0 Å². The van der Waals surface area contributed by atoms with E-state index in [1.54, 1.807) is 6.92 Å². The number of aromatic amines is 1. The summed E-state index contributed by atoms with van der Waals surface area (Å²) in [5.74, 6) is -0.721. The van der Waals surface area contributed by atoms with E-state index in [0.717, 1.165) is 26.9 Å². The van der Waals surface area contributed by atoms with Crippen molar-refractivity contribution >= 4 is 34.4 Å². The number of benzene rings is 2. The summed E-state index contributed by atoms with van der Waals surface area (Å²) in [5.41, 5.74) is 3.88. The second-order valence-corrected chi connectivity index (χ2v) is 7.55. The highest BCUT2D eigenvalue weighted by molar-refractivity contribution is 6.15. The molecule has 1 aliphatic heterocycles. The number of imide groups is 1. The Morgan fingerprint density at radius 1 is 1.10 bits per heavy atom. The zero-order valence-electron chi connectivity index (χ0n) is 17.0. The third-order valence-electron chi connectivity index (χ3n) is 5.45. The van der Waals surface area contributed by atoms with Crippen molar-refractivity contribution in [3.63, 3.8) is 0 Å². The lowest BCUT2D eigenvalue weighted by Gasteiger charge is -2.19. The Balaban J connectivity index is 1.36. The molecule has 154 valence electrons. The van der Waals surface area contributed by atoms with Gasteiger partial charge in [-0.2, -0.15) is 0 Å². The fourth-order valence-corrected chi connectivity index (χ4v) is 3.79. The summed E-state index contributed by atoms with van der Waals surface area (Å²) in [6, 6.07) is 14.3. The molecule has 2 N–H and O–H groups in total. The van der Waals surface area contributed by atoms with Crippen molar-refractivity contribution in [3.05, 3.63) is 65.9 Å². The molecule has 4 amide bonds. The van der Waals surface area contributed by atoms with E-state index in [-0.39, 0.29) is 18.4 Å². The van der Waals surface area contributed by atoms with E-state index in [1.165, 1.54) is 4.90 Å². The van der Waals surface area contributed by atoms with Gasteiger partial charge in [-0.25, -0.2) is 4.79 Å². The van der Waals surface area contributed by atoms with Gasteiger partial charge in [0.1, 0.15) is 12.6 Å². The summed E-state index contributed by atoms with van der Waals surface area (Å²) in [4.78, 5) is 43.4. The molecule has 1 aliphatic rings. The summed E-state index contributed by atoms with van der Waals surface area (Å²) in [7, 11) is 0. The molecule has 0 radical (unpaired) electrons. The van der Waals surface area contributed by atoms with Gasteiger partial charge in [-0.1, -0.05) is 35.9 Å². The van der Waals surface area contributed by atoms with Crippen molar-refractivity contribution in [2.75, 3.05) is 18.0 Å². The number of hydrogen-bond donors (Lipinski definition) is 2. The number of aryl methyl sites for hydroxylation is 1. The van der Waals surface area contributed by atoms with Gasteiger partial charge >= 0.3 is 6.03 Å². The van der Waals surface area contributed by atoms with E-state index in [1.807, 2.05) is 61.7 Å². The van der Waals surface area contributed by atoms with Gasteiger partial charge in [0.15, 0.2) is 0 Å². The van der Waals surface area contributed by atoms with E-state index in [4.69, 9.17) is 0 Å². The minimum Gasteiger partial charge on any atom is -0.361 e. The fraction of sp³-hybridized carbons (Fsp3) is 0.261. The maximum atomic E-state index is 12.8. The van der Waals surface area contributed by atoms with Crippen LogP contribution in [0.15, 0.2) is 54.7 Å². The molecule has 2 heterocycles. The van der Waals surface area contributed by atoms with E-state index in [9.17, 15) is 14.4 Å². The van der Waals surface area contributed by atoms with Gasteiger partial charge in [0.25, 0.3) is 5.91 Å². The molecular formula is C23H24N4O3. The first-order valence-corrected chi connectivity index (χ1v) is 9.98. The molecule has 7 heteroatoms. The van der Waals surface area contributed by atoms with Crippen molar-refractivity contribution < 1.29 is 14.4 Å². The number of anilines is 1. The van der Waals surface area contributed by atoms with Crippen LogP contribution in [0.1, 0.15) is 18.1 Å². The Bertz CT molecular complexity index is 1100. The third kappa shape index (κ3) is 3.66. The van der Waals surface area contributed by atoms with Crippen LogP contribution in [0, 0.1) is 6.92 Å². The number of aromatic nitrogens is 1. The number of H-pyrrole nitrogens is 1. The molecule has 0 aliphatic carbocycles. The number of nitrogens with one attached hydrogen (secondary N) is 2. The molecule has 7 nitrogen and oxygen atoms in total. The SMILES string of the molecule is Cc1ccc(N2C(=O)N(CC(=O)NCCc3c[nH]c4ccccc34)C(=O)[C@@H]2C)cc1. The molecule has 1 atom stereocenters. The van der Waals surface area contributed by atoms with Gasteiger partial charge in [0, 0.05) is 29.3 Å². The molecule has 0 spiro atoms. The molecule has 1 aromatic heterocycles. The van der Waals surface area contributed by atoms with Gasteiger partial charge in [0.2, 0.25) is 5.91 Å². The average molecular weight is 404 g/mol. The lowest BCUT2D eigenvalue weighted by atomic mass is 10.1. The van der Waals surface area contributed by atoms with Crippen molar-refractivity contribution in [1.29, 1.82) is 0 Å². The minimum absolute atomic E-state index is 0.280. The molecule has 1 fully saturated rings. The Hall–Kier alpha value is -3.61. The predicted octanol–water partition coefficient (Wildman–Crippen LogP) is 2.99. The molecule has 3 aromatic rings. The lowest BCUT2D eigenvalue weighted by Crippen LogP contribution is -2.42. The number of carbonyl (C=O) groups is 3. The van der Waals surface area contributed by atoms with Crippen molar-refractivity contribution in [2.45, 2.75) is 26.3 Å². The number of hydrogen-bond acceptors (Lipinski definition) is 3. The fourth-order valence-electron chi connectivity index (χ4n) is 3.79. The molecule has 30 heavy (non-hydrogen) atoms. The monoisotopic (exact) mass is 404 g/mol. The van der Waals surface area contributed by atoms with Crippen molar-refractivity contribution in [1.82, 2.24) is 15.2 Å².